The molecule has 0 fully saturated rings. The lowest BCUT2D eigenvalue weighted by atomic mass is 10.0. The fraction of sp³-hybridized carbons (Fsp3) is 0.150. The maximum atomic E-state index is 12.7. The van der Waals surface area contributed by atoms with Gasteiger partial charge in [0.2, 0.25) is 0 Å². The van der Waals surface area contributed by atoms with Gasteiger partial charge in [0.05, 0.1) is 6.26 Å². The molecule has 8 heteroatoms. The van der Waals surface area contributed by atoms with Gasteiger partial charge in [0.1, 0.15) is 5.58 Å². The van der Waals surface area contributed by atoms with Gasteiger partial charge in [-0.1, -0.05) is 18.2 Å². The molecule has 2 aromatic carbocycles. The molecule has 1 aromatic heterocycles. The fourth-order valence-corrected chi connectivity index (χ4v) is 2.94. The minimum Gasteiger partial charge on any atom is -0.464 e. The third kappa shape index (κ3) is 3.58. The second-order valence-electron chi connectivity index (χ2n) is 6.16. The van der Waals surface area contributed by atoms with Crippen molar-refractivity contribution in [3.63, 3.8) is 0 Å². The third-order valence-electron chi connectivity index (χ3n) is 4.48. The standard InChI is InChI=1S/C20H19N3O5/c1-21-18(24)17(19(25)22-27)23(2)20(26)13-5-3-12(4-6-13)14-7-8-16-15(11-14)9-10-28-16/h3-11,17,27H,1-2H3,(H,21,24)(H,22,25). The number of hydrogen-bond donors (Lipinski definition) is 3. The SMILES string of the molecule is CNC(=O)C(C(=O)NO)N(C)C(=O)c1ccc(-c2ccc3occc3c2)cc1. The third-order valence-corrected chi connectivity index (χ3v) is 4.48. The van der Waals surface area contributed by atoms with Crippen molar-refractivity contribution >= 4 is 28.7 Å². The summed E-state index contributed by atoms with van der Waals surface area (Å²) < 4.78 is 5.33. The molecule has 1 heterocycles. The summed E-state index contributed by atoms with van der Waals surface area (Å²) in [7, 11) is 2.65. The molecule has 3 aromatic rings. The Labute approximate surface area is 160 Å². The van der Waals surface area contributed by atoms with Crippen LogP contribution >= 0.6 is 0 Å². The van der Waals surface area contributed by atoms with Crippen LogP contribution in [0.3, 0.4) is 0 Å². The maximum Gasteiger partial charge on any atom is 0.275 e. The highest BCUT2D eigenvalue weighted by Gasteiger charge is 2.33. The van der Waals surface area contributed by atoms with E-state index in [9.17, 15) is 14.4 Å². The molecule has 28 heavy (non-hydrogen) atoms. The zero-order valence-electron chi connectivity index (χ0n) is 15.3. The molecule has 1 atom stereocenters. The van der Waals surface area contributed by atoms with E-state index in [1.165, 1.54) is 19.6 Å². The predicted octanol–water partition coefficient (Wildman–Crippen LogP) is 1.79. The first-order valence-electron chi connectivity index (χ1n) is 8.46. The number of benzene rings is 2. The van der Waals surface area contributed by atoms with E-state index in [0.717, 1.165) is 27.0 Å². The van der Waals surface area contributed by atoms with Crippen LogP contribution in [0.2, 0.25) is 0 Å². The van der Waals surface area contributed by atoms with Gasteiger partial charge in [-0.3, -0.25) is 19.6 Å². The predicted molar refractivity (Wildman–Crippen MR) is 102 cm³/mol. The van der Waals surface area contributed by atoms with Crippen LogP contribution in [0.5, 0.6) is 0 Å². The van der Waals surface area contributed by atoms with Gasteiger partial charge in [-0.05, 0) is 41.5 Å². The Balaban J connectivity index is 1.84. The van der Waals surface area contributed by atoms with E-state index in [0.29, 0.717) is 5.56 Å². The van der Waals surface area contributed by atoms with Crippen LogP contribution in [-0.2, 0) is 9.59 Å². The highest BCUT2D eigenvalue weighted by Crippen LogP contribution is 2.25. The van der Waals surface area contributed by atoms with Gasteiger partial charge in [-0.25, -0.2) is 5.48 Å². The van der Waals surface area contributed by atoms with Crippen molar-refractivity contribution in [2.45, 2.75) is 6.04 Å². The number of carbonyl (C=O) groups is 3. The number of furan rings is 1. The summed E-state index contributed by atoms with van der Waals surface area (Å²) in [6, 6.07) is 12.9. The zero-order chi connectivity index (χ0) is 20.3. The Kier molecular flexibility index (Phi) is 5.42. The quantitative estimate of drug-likeness (QED) is 0.354. The van der Waals surface area contributed by atoms with Crippen molar-refractivity contribution in [1.82, 2.24) is 15.7 Å². The minimum atomic E-state index is -1.49. The molecule has 144 valence electrons. The first kappa shape index (κ1) is 19.1. The number of nitrogens with zero attached hydrogens (tertiary/aromatic N) is 1. The lowest BCUT2D eigenvalue weighted by molar-refractivity contribution is -0.140. The van der Waals surface area contributed by atoms with Gasteiger partial charge < -0.3 is 14.6 Å². The summed E-state index contributed by atoms with van der Waals surface area (Å²) in [6.45, 7) is 0. The summed E-state index contributed by atoms with van der Waals surface area (Å²) in [6.07, 6.45) is 1.62. The first-order chi connectivity index (χ1) is 13.5. The number of nitrogens with one attached hydrogen (secondary N) is 2. The van der Waals surface area contributed by atoms with E-state index in [2.05, 4.69) is 5.32 Å². The van der Waals surface area contributed by atoms with Crippen molar-refractivity contribution in [1.29, 1.82) is 0 Å². The van der Waals surface area contributed by atoms with Crippen molar-refractivity contribution in [2.24, 2.45) is 0 Å². The first-order valence-corrected chi connectivity index (χ1v) is 8.46. The van der Waals surface area contributed by atoms with Crippen molar-refractivity contribution < 1.29 is 24.0 Å². The van der Waals surface area contributed by atoms with Gasteiger partial charge in [0.15, 0.2) is 6.04 Å². The second-order valence-corrected chi connectivity index (χ2v) is 6.16. The van der Waals surface area contributed by atoms with Crippen LogP contribution in [0.15, 0.2) is 59.2 Å². The van der Waals surface area contributed by atoms with Crippen LogP contribution < -0.4 is 10.8 Å². The van der Waals surface area contributed by atoms with Gasteiger partial charge >= 0.3 is 0 Å². The molecule has 0 aliphatic heterocycles. The van der Waals surface area contributed by atoms with E-state index < -0.39 is 23.8 Å². The van der Waals surface area contributed by atoms with Crippen LogP contribution in [0.25, 0.3) is 22.1 Å². The molecule has 1 unspecified atom stereocenters. The lowest BCUT2D eigenvalue weighted by Crippen LogP contribution is -2.54. The molecular formula is C20H19N3O5. The number of hydrogen-bond acceptors (Lipinski definition) is 5. The van der Waals surface area contributed by atoms with Crippen LogP contribution in [0, 0.1) is 0 Å². The highest BCUT2D eigenvalue weighted by molar-refractivity contribution is 6.08. The molecular weight excluding hydrogens is 362 g/mol. The molecule has 0 saturated heterocycles. The fourth-order valence-electron chi connectivity index (χ4n) is 2.94. The van der Waals surface area contributed by atoms with E-state index in [-0.39, 0.29) is 0 Å². The number of amides is 3. The lowest BCUT2D eigenvalue weighted by Gasteiger charge is -2.25. The normalized spacial score (nSPS) is 11.7. The van der Waals surface area contributed by atoms with Crippen LogP contribution in [0.1, 0.15) is 10.4 Å². The van der Waals surface area contributed by atoms with Crippen molar-refractivity contribution in [3.05, 3.63) is 60.4 Å². The number of hydroxylamine groups is 1. The number of fused-ring (bicyclic) bond motifs is 1. The molecule has 0 aliphatic carbocycles. The van der Waals surface area contributed by atoms with Gasteiger partial charge in [-0.15, -0.1) is 0 Å². The highest BCUT2D eigenvalue weighted by atomic mass is 16.5. The Morgan fingerprint density at radius 1 is 1.00 bits per heavy atom. The Bertz CT molecular complexity index is 1010. The zero-order valence-corrected chi connectivity index (χ0v) is 15.3. The van der Waals surface area contributed by atoms with E-state index in [4.69, 9.17) is 9.62 Å². The van der Waals surface area contributed by atoms with Crippen molar-refractivity contribution in [3.8, 4) is 11.1 Å². The molecule has 3 N–H and O–H groups in total. The van der Waals surface area contributed by atoms with Gasteiger partial charge in [-0.2, -0.15) is 0 Å². The van der Waals surface area contributed by atoms with Gasteiger partial charge in [0, 0.05) is 25.0 Å². The monoisotopic (exact) mass is 381 g/mol. The molecule has 0 bridgehead atoms. The molecule has 0 aliphatic rings. The van der Waals surface area contributed by atoms with E-state index in [1.54, 1.807) is 30.5 Å². The second kappa shape index (κ2) is 7.93. The molecule has 0 radical (unpaired) electrons. The van der Waals surface area contributed by atoms with E-state index >= 15 is 0 Å². The number of rotatable bonds is 5. The summed E-state index contributed by atoms with van der Waals surface area (Å²) in [4.78, 5) is 37.4. The molecule has 8 nitrogen and oxygen atoms in total. The average Bonchev–Trinajstić information content (AvgIpc) is 3.20. The van der Waals surface area contributed by atoms with Crippen molar-refractivity contribution in [2.75, 3.05) is 14.1 Å². The topological polar surface area (TPSA) is 112 Å². The Morgan fingerprint density at radius 3 is 2.32 bits per heavy atom. The van der Waals surface area contributed by atoms with E-state index in [1.807, 2.05) is 24.3 Å². The summed E-state index contributed by atoms with van der Waals surface area (Å²) in [5.41, 5.74) is 4.36. The Hall–Kier alpha value is -3.65. The van der Waals surface area contributed by atoms with Crippen LogP contribution in [0.4, 0.5) is 0 Å². The molecule has 3 amide bonds. The summed E-state index contributed by atoms with van der Waals surface area (Å²) in [5, 5.41) is 12.1. The minimum absolute atomic E-state index is 0.301. The molecule has 3 rings (SSSR count). The summed E-state index contributed by atoms with van der Waals surface area (Å²) >= 11 is 0. The van der Waals surface area contributed by atoms with Gasteiger partial charge in [0.25, 0.3) is 17.7 Å². The average molecular weight is 381 g/mol. The number of likely N-dealkylation sites (N-methyl/N-ethyl adjacent to an activating group) is 2. The molecule has 0 saturated carbocycles. The number of carbonyl (C=O) groups excluding carboxylic acids is 3. The smallest absolute Gasteiger partial charge is 0.275 e. The maximum absolute atomic E-state index is 12.7. The Morgan fingerprint density at radius 2 is 1.68 bits per heavy atom. The summed E-state index contributed by atoms with van der Waals surface area (Å²) in [5.74, 6) is -2.25. The van der Waals surface area contributed by atoms with Crippen LogP contribution in [-0.4, -0.2) is 48.0 Å². The largest absolute Gasteiger partial charge is 0.464 e. The molecule has 0 spiro atoms.